The maximum absolute atomic E-state index is 5.49. The van der Waals surface area contributed by atoms with Gasteiger partial charge in [-0.1, -0.05) is 30.3 Å². The molecule has 3 heteroatoms. The average Bonchev–Trinajstić information content (AvgIpc) is 3.09. The summed E-state index contributed by atoms with van der Waals surface area (Å²) in [6.07, 6.45) is 5.35. The maximum atomic E-state index is 5.49. The second-order valence-electron chi connectivity index (χ2n) is 5.03. The van der Waals surface area contributed by atoms with E-state index in [2.05, 4.69) is 41.5 Å². The largest absolute Gasteiger partial charge is 0.468 e. The molecule has 0 amide bonds. The van der Waals surface area contributed by atoms with Crippen LogP contribution in [-0.4, -0.2) is 4.98 Å². The van der Waals surface area contributed by atoms with E-state index < -0.39 is 0 Å². The van der Waals surface area contributed by atoms with Gasteiger partial charge in [-0.25, -0.2) is 0 Å². The van der Waals surface area contributed by atoms with Crippen molar-refractivity contribution in [1.82, 2.24) is 10.3 Å². The number of aromatic nitrogens is 1. The molecule has 0 saturated carbocycles. The molecule has 3 nitrogen and oxygen atoms in total. The fraction of sp³-hybridized carbons (Fsp3) is 0.167. The van der Waals surface area contributed by atoms with Crippen molar-refractivity contribution in [2.45, 2.75) is 19.0 Å². The summed E-state index contributed by atoms with van der Waals surface area (Å²) in [5.41, 5.74) is 2.41. The van der Waals surface area contributed by atoms with E-state index in [1.807, 2.05) is 42.7 Å². The minimum absolute atomic E-state index is 0.106. The molecule has 0 aliphatic carbocycles. The second kappa shape index (κ2) is 6.37. The number of rotatable bonds is 5. The normalized spacial score (nSPS) is 13.8. The molecule has 2 heterocycles. The number of pyridine rings is 1. The summed E-state index contributed by atoms with van der Waals surface area (Å²) in [6, 6.07) is 18.6. The van der Waals surface area contributed by atoms with Gasteiger partial charge in [0.1, 0.15) is 5.76 Å². The fourth-order valence-corrected chi connectivity index (χ4v) is 2.46. The summed E-state index contributed by atoms with van der Waals surface area (Å²) in [5, 5.41) is 3.63. The molecular weight excluding hydrogens is 260 g/mol. The molecule has 1 aromatic carbocycles. The van der Waals surface area contributed by atoms with Gasteiger partial charge in [-0.2, -0.15) is 0 Å². The van der Waals surface area contributed by atoms with Crippen molar-refractivity contribution in [3.8, 4) is 0 Å². The lowest BCUT2D eigenvalue weighted by Gasteiger charge is -2.23. The first kappa shape index (κ1) is 13.6. The van der Waals surface area contributed by atoms with Gasteiger partial charge in [-0.05, 0) is 42.3 Å². The van der Waals surface area contributed by atoms with Crippen LogP contribution in [-0.2, 0) is 0 Å². The van der Waals surface area contributed by atoms with Crippen molar-refractivity contribution >= 4 is 0 Å². The van der Waals surface area contributed by atoms with Gasteiger partial charge in [0, 0.05) is 12.4 Å². The highest BCUT2D eigenvalue weighted by atomic mass is 16.3. The van der Waals surface area contributed by atoms with Gasteiger partial charge in [0.25, 0.3) is 0 Å². The van der Waals surface area contributed by atoms with Crippen LogP contribution in [0.15, 0.2) is 77.7 Å². The number of nitrogens with one attached hydrogen (secondary N) is 1. The van der Waals surface area contributed by atoms with Crippen molar-refractivity contribution in [2.75, 3.05) is 0 Å². The highest BCUT2D eigenvalue weighted by Crippen LogP contribution is 2.25. The first-order valence-electron chi connectivity index (χ1n) is 7.09. The van der Waals surface area contributed by atoms with Crippen molar-refractivity contribution < 1.29 is 4.42 Å². The lowest BCUT2D eigenvalue weighted by atomic mass is 9.98. The van der Waals surface area contributed by atoms with Crippen LogP contribution in [0.1, 0.15) is 35.9 Å². The number of nitrogens with zero attached hydrogens (tertiary/aromatic N) is 1. The molecule has 3 aromatic rings. The molecule has 2 aromatic heterocycles. The Kier molecular flexibility index (Phi) is 4.12. The number of hydrogen-bond acceptors (Lipinski definition) is 3. The molecule has 0 spiro atoms. The monoisotopic (exact) mass is 278 g/mol. The average molecular weight is 278 g/mol. The topological polar surface area (TPSA) is 38.1 Å². The third-order valence-corrected chi connectivity index (χ3v) is 3.56. The predicted molar refractivity (Wildman–Crippen MR) is 82.8 cm³/mol. The van der Waals surface area contributed by atoms with E-state index in [-0.39, 0.29) is 12.1 Å². The lowest BCUT2D eigenvalue weighted by molar-refractivity contribution is 0.411. The van der Waals surface area contributed by atoms with Gasteiger partial charge < -0.3 is 4.42 Å². The van der Waals surface area contributed by atoms with E-state index >= 15 is 0 Å². The molecule has 21 heavy (non-hydrogen) atoms. The fourth-order valence-electron chi connectivity index (χ4n) is 2.46. The van der Waals surface area contributed by atoms with Gasteiger partial charge in [0.2, 0.25) is 0 Å². The van der Waals surface area contributed by atoms with Crippen LogP contribution >= 0.6 is 0 Å². The highest BCUT2D eigenvalue weighted by molar-refractivity contribution is 5.30. The van der Waals surface area contributed by atoms with E-state index in [0.29, 0.717) is 0 Å². The Morgan fingerprint density at radius 1 is 0.905 bits per heavy atom. The zero-order valence-corrected chi connectivity index (χ0v) is 11.9. The van der Waals surface area contributed by atoms with Gasteiger partial charge >= 0.3 is 0 Å². The Hall–Kier alpha value is -2.39. The predicted octanol–water partition coefficient (Wildman–Crippen LogP) is 4.11. The molecule has 0 radical (unpaired) electrons. The van der Waals surface area contributed by atoms with E-state index in [1.165, 1.54) is 11.1 Å². The minimum atomic E-state index is 0.106. The van der Waals surface area contributed by atoms with E-state index in [0.717, 1.165) is 5.76 Å². The van der Waals surface area contributed by atoms with E-state index in [1.54, 1.807) is 6.26 Å². The Morgan fingerprint density at radius 3 is 2.29 bits per heavy atom. The standard InChI is InChI=1S/C18H18N2O/c1-14(17-8-5-13-21-17)20-18(15-6-3-2-4-7-15)16-9-11-19-12-10-16/h2-14,18,20H,1H3/t14-,18?/m1/s1. The quantitative estimate of drug-likeness (QED) is 0.763. The van der Waals surface area contributed by atoms with Gasteiger partial charge in [0.05, 0.1) is 18.3 Å². The first-order chi connectivity index (χ1) is 10.3. The molecule has 0 bridgehead atoms. The van der Waals surface area contributed by atoms with Crippen LogP contribution in [0, 0.1) is 0 Å². The third kappa shape index (κ3) is 3.20. The van der Waals surface area contributed by atoms with Crippen LogP contribution in [0.5, 0.6) is 0 Å². The molecule has 106 valence electrons. The smallest absolute Gasteiger partial charge is 0.120 e. The Balaban J connectivity index is 1.90. The maximum Gasteiger partial charge on any atom is 0.120 e. The number of hydrogen-bond donors (Lipinski definition) is 1. The van der Waals surface area contributed by atoms with Crippen LogP contribution in [0.25, 0.3) is 0 Å². The Bertz CT molecular complexity index is 611. The van der Waals surface area contributed by atoms with Crippen LogP contribution in [0.3, 0.4) is 0 Å². The van der Waals surface area contributed by atoms with Gasteiger partial charge in [-0.3, -0.25) is 10.3 Å². The van der Waals surface area contributed by atoms with Crippen LogP contribution < -0.4 is 5.32 Å². The van der Waals surface area contributed by atoms with E-state index in [9.17, 15) is 0 Å². The molecule has 1 unspecified atom stereocenters. The summed E-state index contributed by atoms with van der Waals surface area (Å²) in [7, 11) is 0. The SMILES string of the molecule is C[C@@H](NC(c1ccccc1)c1ccncc1)c1ccco1. The highest BCUT2D eigenvalue weighted by Gasteiger charge is 2.18. The van der Waals surface area contributed by atoms with Crippen LogP contribution in [0.2, 0.25) is 0 Å². The van der Waals surface area contributed by atoms with Crippen molar-refractivity contribution in [3.05, 3.63) is 90.1 Å². The van der Waals surface area contributed by atoms with E-state index in [4.69, 9.17) is 4.42 Å². The molecule has 0 aliphatic rings. The first-order valence-corrected chi connectivity index (χ1v) is 7.09. The van der Waals surface area contributed by atoms with Gasteiger partial charge in [-0.15, -0.1) is 0 Å². The molecule has 0 saturated heterocycles. The Labute approximate surface area is 124 Å². The molecule has 0 aliphatic heterocycles. The van der Waals surface area contributed by atoms with Gasteiger partial charge in [0.15, 0.2) is 0 Å². The zero-order valence-electron chi connectivity index (χ0n) is 11.9. The molecule has 0 fully saturated rings. The summed E-state index contributed by atoms with van der Waals surface area (Å²) in [6.45, 7) is 2.11. The Morgan fingerprint density at radius 2 is 1.62 bits per heavy atom. The minimum Gasteiger partial charge on any atom is -0.468 e. The molecule has 3 rings (SSSR count). The summed E-state index contributed by atoms with van der Waals surface area (Å²) < 4.78 is 5.49. The summed E-state index contributed by atoms with van der Waals surface area (Å²) in [4.78, 5) is 4.10. The van der Waals surface area contributed by atoms with Crippen LogP contribution in [0.4, 0.5) is 0 Å². The second-order valence-corrected chi connectivity index (χ2v) is 5.03. The molecule has 2 atom stereocenters. The lowest BCUT2D eigenvalue weighted by Crippen LogP contribution is -2.25. The number of furan rings is 1. The molecule has 1 N–H and O–H groups in total. The summed E-state index contributed by atoms with van der Waals surface area (Å²) in [5.74, 6) is 0.935. The third-order valence-electron chi connectivity index (χ3n) is 3.56. The summed E-state index contributed by atoms with van der Waals surface area (Å²) >= 11 is 0. The van der Waals surface area contributed by atoms with Crippen molar-refractivity contribution in [1.29, 1.82) is 0 Å². The van der Waals surface area contributed by atoms with Crippen molar-refractivity contribution in [3.63, 3.8) is 0 Å². The zero-order chi connectivity index (χ0) is 14.5. The molecular formula is C18H18N2O. The van der Waals surface area contributed by atoms with Crippen molar-refractivity contribution in [2.24, 2.45) is 0 Å². The number of benzene rings is 1.